The summed E-state index contributed by atoms with van der Waals surface area (Å²) in [6, 6.07) is 3.56. The third-order valence-electron chi connectivity index (χ3n) is 2.60. The van der Waals surface area contributed by atoms with Crippen LogP contribution in [0.4, 0.5) is 5.69 Å². The highest BCUT2D eigenvalue weighted by Gasteiger charge is 2.15. The number of ether oxygens (including phenoxy) is 1. The van der Waals surface area contributed by atoms with Gasteiger partial charge in [-0.25, -0.2) is 4.98 Å². The number of nitrogens with zero attached hydrogens (tertiary/aromatic N) is 1. The minimum atomic E-state index is 0.345. The quantitative estimate of drug-likeness (QED) is 0.782. The summed E-state index contributed by atoms with van der Waals surface area (Å²) in [7, 11) is 0. The Morgan fingerprint density at radius 3 is 2.79 bits per heavy atom. The summed E-state index contributed by atoms with van der Waals surface area (Å²) in [5, 5.41) is 0. The summed E-state index contributed by atoms with van der Waals surface area (Å²) in [6.45, 7) is 0. The maximum Gasteiger partial charge on any atom is 0.215 e. The van der Waals surface area contributed by atoms with Gasteiger partial charge in [0, 0.05) is 18.0 Å². The van der Waals surface area contributed by atoms with Crippen molar-refractivity contribution in [2.24, 2.45) is 0 Å². The second-order valence-corrected chi connectivity index (χ2v) is 3.81. The molecule has 76 valence electrons. The second-order valence-electron chi connectivity index (χ2n) is 3.81. The van der Waals surface area contributed by atoms with Crippen molar-refractivity contribution in [1.29, 1.82) is 0 Å². The van der Waals surface area contributed by atoms with Crippen molar-refractivity contribution in [2.45, 2.75) is 38.2 Å². The molecule has 2 rings (SSSR count). The summed E-state index contributed by atoms with van der Waals surface area (Å²) in [5.41, 5.74) is 6.36. The van der Waals surface area contributed by atoms with E-state index in [2.05, 4.69) is 4.98 Å². The van der Waals surface area contributed by atoms with Crippen LogP contribution in [-0.2, 0) is 0 Å². The standard InChI is InChI=1S/C11H16N2O/c12-9-6-7-13-11(8-9)14-10-4-2-1-3-5-10/h6-8,10H,1-5H2,(H2,12,13). The fourth-order valence-electron chi connectivity index (χ4n) is 1.84. The molecule has 1 heterocycles. The molecule has 1 aliphatic carbocycles. The van der Waals surface area contributed by atoms with Crippen LogP contribution in [0.2, 0.25) is 0 Å². The molecule has 2 N–H and O–H groups in total. The second kappa shape index (κ2) is 4.31. The van der Waals surface area contributed by atoms with E-state index in [-0.39, 0.29) is 0 Å². The lowest BCUT2D eigenvalue weighted by Gasteiger charge is -2.22. The van der Waals surface area contributed by atoms with E-state index in [1.165, 1.54) is 19.3 Å². The zero-order valence-corrected chi connectivity index (χ0v) is 8.28. The van der Waals surface area contributed by atoms with E-state index in [0.29, 0.717) is 17.7 Å². The number of pyridine rings is 1. The third kappa shape index (κ3) is 2.37. The highest BCUT2D eigenvalue weighted by atomic mass is 16.5. The predicted octanol–water partition coefficient (Wildman–Crippen LogP) is 2.38. The predicted molar refractivity (Wildman–Crippen MR) is 56.2 cm³/mol. The average molecular weight is 192 g/mol. The molecule has 1 saturated carbocycles. The fraction of sp³-hybridized carbons (Fsp3) is 0.545. The van der Waals surface area contributed by atoms with Crippen molar-refractivity contribution in [3.8, 4) is 5.88 Å². The molecule has 0 saturated heterocycles. The fourth-order valence-corrected chi connectivity index (χ4v) is 1.84. The maximum absolute atomic E-state index is 5.74. The van der Waals surface area contributed by atoms with E-state index in [4.69, 9.17) is 10.5 Å². The Balaban J connectivity index is 1.95. The van der Waals surface area contributed by atoms with E-state index in [9.17, 15) is 0 Å². The van der Waals surface area contributed by atoms with Crippen LogP contribution < -0.4 is 10.5 Å². The molecule has 0 atom stereocenters. The molecule has 0 bridgehead atoms. The lowest BCUT2D eigenvalue weighted by molar-refractivity contribution is 0.149. The zero-order valence-electron chi connectivity index (χ0n) is 8.28. The molecule has 3 heteroatoms. The van der Waals surface area contributed by atoms with Crippen LogP contribution in [0.5, 0.6) is 5.88 Å². The molecule has 0 aromatic carbocycles. The van der Waals surface area contributed by atoms with Gasteiger partial charge >= 0.3 is 0 Å². The molecular weight excluding hydrogens is 176 g/mol. The van der Waals surface area contributed by atoms with Gasteiger partial charge in [0.2, 0.25) is 5.88 Å². The number of hydrogen-bond donors (Lipinski definition) is 1. The first-order valence-electron chi connectivity index (χ1n) is 5.23. The van der Waals surface area contributed by atoms with Crippen LogP contribution >= 0.6 is 0 Å². The Bertz CT molecular complexity index is 295. The normalized spacial score (nSPS) is 18.0. The lowest BCUT2D eigenvalue weighted by Crippen LogP contribution is -2.20. The Hall–Kier alpha value is -1.25. The van der Waals surface area contributed by atoms with Gasteiger partial charge in [0.05, 0.1) is 0 Å². The van der Waals surface area contributed by atoms with Crippen molar-refractivity contribution in [2.75, 3.05) is 5.73 Å². The monoisotopic (exact) mass is 192 g/mol. The molecule has 0 amide bonds. The van der Waals surface area contributed by atoms with Gasteiger partial charge in [0.15, 0.2) is 0 Å². The van der Waals surface area contributed by atoms with Crippen LogP contribution in [0, 0.1) is 0 Å². The summed E-state index contributed by atoms with van der Waals surface area (Å²) >= 11 is 0. The number of aromatic nitrogens is 1. The Morgan fingerprint density at radius 2 is 2.07 bits per heavy atom. The van der Waals surface area contributed by atoms with Crippen LogP contribution in [0.3, 0.4) is 0 Å². The van der Waals surface area contributed by atoms with Crippen LogP contribution in [-0.4, -0.2) is 11.1 Å². The SMILES string of the molecule is Nc1ccnc(OC2CCCCC2)c1. The molecule has 0 radical (unpaired) electrons. The van der Waals surface area contributed by atoms with Crippen molar-refractivity contribution in [3.05, 3.63) is 18.3 Å². The average Bonchev–Trinajstić information content (AvgIpc) is 2.19. The molecule has 0 unspecified atom stereocenters. The van der Waals surface area contributed by atoms with Gasteiger partial charge < -0.3 is 10.5 Å². The van der Waals surface area contributed by atoms with E-state index in [1.807, 2.05) is 0 Å². The molecular formula is C11H16N2O. The van der Waals surface area contributed by atoms with Crippen LogP contribution in [0.15, 0.2) is 18.3 Å². The Kier molecular flexibility index (Phi) is 2.87. The minimum Gasteiger partial charge on any atom is -0.474 e. The Labute approximate surface area is 84.3 Å². The van der Waals surface area contributed by atoms with Gasteiger partial charge in [0.1, 0.15) is 6.10 Å². The smallest absolute Gasteiger partial charge is 0.215 e. The topological polar surface area (TPSA) is 48.1 Å². The third-order valence-corrected chi connectivity index (χ3v) is 2.60. The van der Waals surface area contributed by atoms with E-state index in [1.54, 1.807) is 18.3 Å². The maximum atomic E-state index is 5.74. The molecule has 1 fully saturated rings. The number of nitrogen functional groups attached to an aromatic ring is 1. The summed E-state index contributed by atoms with van der Waals surface area (Å²) in [4.78, 5) is 4.13. The van der Waals surface area contributed by atoms with Gasteiger partial charge in [-0.3, -0.25) is 0 Å². The van der Waals surface area contributed by atoms with Crippen LogP contribution in [0.25, 0.3) is 0 Å². The lowest BCUT2D eigenvalue weighted by atomic mass is 9.98. The van der Waals surface area contributed by atoms with Gasteiger partial charge in [-0.15, -0.1) is 0 Å². The largest absolute Gasteiger partial charge is 0.474 e. The van der Waals surface area contributed by atoms with Gasteiger partial charge in [0.25, 0.3) is 0 Å². The molecule has 1 aromatic rings. The summed E-state index contributed by atoms with van der Waals surface area (Å²) < 4.78 is 5.74. The molecule has 14 heavy (non-hydrogen) atoms. The first-order valence-corrected chi connectivity index (χ1v) is 5.23. The zero-order chi connectivity index (χ0) is 9.80. The molecule has 0 spiro atoms. The van der Waals surface area contributed by atoms with Crippen molar-refractivity contribution >= 4 is 5.69 Å². The summed E-state index contributed by atoms with van der Waals surface area (Å²) in [5.74, 6) is 0.664. The highest BCUT2D eigenvalue weighted by Crippen LogP contribution is 2.22. The number of rotatable bonds is 2. The van der Waals surface area contributed by atoms with Crippen molar-refractivity contribution in [1.82, 2.24) is 4.98 Å². The van der Waals surface area contributed by atoms with E-state index >= 15 is 0 Å². The van der Waals surface area contributed by atoms with E-state index in [0.717, 1.165) is 12.8 Å². The molecule has 0 aliphatic heterocycles. The minimum absolute atomic E-state index is 0.345. The van der Waals surface area contributed by atoms with Gasteiger partial charge in [-0.05, 0) is 31.7 Å². The van der Waals surface area contributed by atoms with Gasteiger partial charge in [-0.2, -0.15) is 0 Å². The first kappa shape index (κ1) is 9.31. The van der Waals surface area contributed by atoms with Crippen molar-refractivity contribution in [3.63, 3.8) is 0 Å². The Morgan fingerprint density at radius 1 is 1.29 bits per heavy atom. The number of nitrogens with two attached hydrogens (primary N) is 1. The molecule has 3 nitrogen and oxygen atoms in total. The van der Waals surface area contributed by atoms with Crippen molar-refractivity contribution < 1.29 is 4.74 Å². The summed E-state index contributed by atoms with van der Waals surface area (Å²) in [6.07, 6.45) is 8.21. The van der Waals surface area contributed by atoms with Gasteiger partial charge in [-0.1, -0.05) is 6.42 Å². The molecule has 1 aliphatic rings. The first-order chi connectivity index (χ1) is 6.84. The van der Waals surface area contributed by atoms with Crippen LogP contribution in [0.1, 0.15) is 32.1 Å². The number of anilines is 1. The number of hydrogen-bond acceptors (Lipinski definition) is 3. The highest BCUT2D eigenvalue weighted by molar-refractivity contribution is 5.39. The molecule has 1 aromatic heterocycles. The van der Waals surface area contributed by atoms with E-state index < -0.39 is 0 Å².